The molecule has 0 saturated carbocycles. The largest absolute Gasteiger partial charge is 0.496 e. The van der Waals surface area contributed by atoms with Gasteiger partial charge in [-0.1, -0.05) is 6.07 Å². The molecule has 7 heteroatoms. The van der Waals surface area contributed by atoms with Gasteiger partial charge in [0.2, 0.25) is 11.6 Å². The zero-order valence-corrected chi connectivity index (χ0v) is 15.3. The standard InChI is InChI=1S/C20H20FNO5/c1-11(2)22-10-15(19(24)20(22)25)18(23)16-7-6-14(27-16)8-12-4-5-13(21)9-17(12)26-3/h4-7,9,11,15H,8,10H2,1-3H3. The van der Waals surface area contributed by atoms with Gasteiger partial charge in [-0.3, -0.25) is 14.4 Å². The van der Waals surface area contributed by atoms with Crippen molar-refractivity contribution in [2.75, 3.05) is 13.7 Å². The number of halogens is 1. The van der Waals surface area contributed by atoms with E-state index in [-0.39, 0.29) is 18.3 Å². The van der Waals surface area contributed by atoms with Crippen molar-refractivity contribution in [2.24, 2.45) is 5.92 Å². The lowest BCUT2D eigenvalue weighted by atomic mass is 10.0. The van der Waals surface area contributed by atoms with E-state index in [0.29, 0.717) is 23.5 Å². The number of likely N-dealkylation sites (tertiary alicyclic amines) is 1. The van der Waals surface area contributed by atoms with Crippen LogP contribution < -0.4 is 4.74 Å². The molecule has 0 bridgehead atoms. The number of rotatable bonds is 6. The molecule has 0 aliphatic carbocycles. The molecule has 1 saturated heterocycles. The molecule has 1 aliphatic rings. The third kappa shape index (κ3) is 3.63. The van der Waals surface area contributed by atoms with Crippen molar-refractivity contribution in [3.05, 3.63) is 53.2 Å². The van der Waals surface area contributed by atoms with Gasteiger partial charge in [0.05, 0.1) is 7.11 Å². The van der Waals surface area contributed by atoms with Gasteiger partial charge in [-0.05, 0) is 32.0 Å². The molecule has 1 amide bonds. The fourth-order valence-corrected chi connectivity index (χ4v) is 3.13. The summed E-state index contributed by atoms with van der Waals surface area (Å²) in [5.74, 6) is -2.41. The van der Waals surface area contributed by atoms with E-state index < -0.39 is 29.2 Å². The Kier molecular flexibility index (Phi) is 5.12. The van der Waals surface area contributed by atoms with Crippen LogP contribution in [0.5, 0.6) is 5.75 Å². The summed E-state index contributed by atoms with van der Waals surface area (Å²) in [7, 11) is 1.44. The highest BCUT2D eigenvalue weighted by atomic mass is 19.1. The molecule has 142 valence electrons. The number of carbonyl (C=O) groups is 3. The number of amides is 1. The zero-order chi connectivity index (χ0) is 19.7. The van der Waals surface area contributed by atoms with Gasteiger partial charge in [0.1, 0.15) is 23.2 Å². The van der Waals surface area contributed by atoms with Gasteiger partial charge >= 0.3 is 0 Å². The summed E-state index contributed by atoms with van der Waals surface area (Å²) in [6, 6.07) is 7.13. The van der Waals surface area contributed by atoms with Crippen LogP contribution in [-0.2, 0) is 16.0 Å². The lowest BCUT2D eigenvalue weighted by Gasteiger charge is -2.19. The summed E-state index contributed by atoms with van der Waals surface area (Å²) in [6.07, 6.45) is 0.298. The van der Waals surface area contributed by atoms with Gasteiger partial charge in [-0.15, -0.1) is 0 Å². The Balaban J connectivity index is 1.77. The molecule has 0 radical (unpaired) electrons. The SMILES string of the molecule is COc1cc(F)ccc1Cc1ccc(C(=O)C2CN(C(C)C)C(=O)C2=O)o1. The molecule has 2 heterocycles. The van der Waals surface area contributed by atoms with Crippen LogP contribution in [-0.4, -0.2) is 42.1 Å². The van der Waals surface area contributed by atoms with Crippen LogP contribution in [0.2, 0.25) is 0 Å². The minimum absolute atomic E-state index is 0.0304. The van der Waals surface area contributed by atoms with Crippen molar-refractivity contribution in [3.63, 3.8) is 0 Å². The lowest BCUT2D eigenvalue weighted by molar-refractivity contribution is -0.141. The van der Waals surface area contributed by atoms with Crippen LogP contribution in [0.1, 0.15) is 35.7 Å². The maximum atomic E-state index is 13.3. The van der Waals surface area contributed by atoms with Crippen LogP contribution >= 0.6 is 0 Å². The van der Waals surface area contributed by atoms with Gasteiger partial charge in [-0.25, -0.2) is 4.39 Å². The number of hydrogen-bond donors (Lipinski definition) is 0. The number of Topliss-reactive ketones (excluding diaryl/α,β-unsaturated/α-hetero) is 2. The van der Waals surface area contributed by atoms with Crippen molar-refractivity contribution in [1.82, 2.24) is 4.90 Å². The minimum atomic E-state index is -1.04. The Morgan fingerprint density at radius 1 is 1.30 bits per heavy atom. The van der Waals surface area contributed by atoms with E-state index in [9.17, 15) is 18.8 Å². The molecule has 1 aromatic heterocycles. The van der Waals surface area contributed by atoms with E-state index in [0.717, 1.165) is 0 Å². The first kappa shape index (κ1) is 18.8. The first-order chi connectivity index (χ1) is 12.8. The van der Waals surface area contributed by atoms with Crippen molar-refractivity contribution in [1.29, 1.82) is 0 Å². The van der Waals surface area contributed by atoms with Gasteiger partial charge in [-0.2, -0.15) is 0 Å². The molecule has 1 aliphatic heterocycles. The maximum Gasteiger partial charge on any atom is 0.291 e. The smallest absolute Gasteiger partial charge is 0.291 e. The molecule has 2 aromatic rings. The molecular formula is C20H20FNO5. The summed E-state index contributed by atoms with van der Waals surface area (Å²) in [6.45, 7) is 3.65. The average Bonchev–Trinajstić information content (AvgIpc) is 3.21. The second kappa shape index (κ2) is 7.34. The number of benzene rings is 1. The number of hydrogen-bond acceptors (Lipinski definition) is 5. The molecular weight excluding hydrogens is 353 g/mol. The van der Waals surface area contributed by atoms with E-state index in [1.165, 1.54) is 30.2 Å². The van der Waals surface area contributed by atoms with Crippen molar-refractivity contribution >= 4 is 17.5 Å². The summed E-state index contributed by atoms with van der Waals surface area (Å²) >= 11 is 0. The van der Waals surface area contributed by atoms with E-state index in [4.69, 9.17) is 9.15 Å². The van der Waals surface area contributed by atoms with Crippen molar-refractivity contribution < 1.29 is 27.9 Å². The molecule has 6 nitrogen and oxygen atoms in total. The minimum Gasteiger partial charge on any atom is -0.496 e. The highest BCUT2D eigenvalue weighted by Crippen LogP contribution is 2.26. The van der Waals surface area contributed by atoms with Crippen LogP contribution in [0, 0.1) is 11.7 Å². The Morgan fingerprint density at radius 3 is 2.67 bits per heavy atom. The number of furan rings is 1. The Hall–Kier alpha value is -2.96. The molecule has 0 spiro atoms. The Labute approximate surface area is 155 Å². The topological polar surface area (TPSA) is 76.8 Å². The first-order valence-corrected chi connectivity index (χ1v) is 8.62. The van der Waals surface area contributed by atoms with Crippen molar-refractivity contribution in [3.8, 4) is 5.75 Å². The van der Waals surface area contributed by atoms with E-state index in [2.05, 4.69) is 0 Å². The van der Waals surface area contributed by atoms with E-state index >= 15 is 0 Å². The first-order valence-electron chi connectivity index (χ1n) is 8.62. The zero-order valence-electron chi connectivity index (χ0n) is 15.3. The summed E-state index contributed by atoms with van der Waals surface area (Å²) in [4.78, 5) is 38.2. The fourth-order valence-electron chi connectivity index (χ4n) is 3.13. The quantitative estimate of drug-likeness (QED) is 0.442. The summed E-state index contributed by atoms with van der Waals surface area (Å²) < 4.78 is 24.0. The third-order valence-electron chi connectivity index (χ3n) is 4.63. The predicted molar refractivity (Wildman–Crippen MR) is 94.1 cm³/mol. The number of methoxy groups -OCH3 is 1. The fraction of sp³-hybridized carbons (Fsp3) is 0.350. The Bertz CT molecular complexity index is 902. The number of nitrogens with zero attached hydrogens (tertiary/aromatic N) is 1. The second-order valence-corrected chi connectivity index (χ2v) is 6.73. The molecule has 0 N–H and O–H groups in total. The highest BCUT2D eigenvalue weighted by molar-refractivity contribution is 6.43. The molecule has 1 fully saturated rings. The molecule has 1 atom stereocenters. The molecule has 3 rings (SSSR count). The van der Waals surface area contributed by atoms with Gasteiger partial charge in [0.25, 0.3) is 5.91 Å². The van der Waals surface area contributed by atoms with Crippen molar-refractivity contribution in [2.45, 2.75) is 26.3 Å². The number of ketones is 2. The van der Waals surface area contributed by atoms with Gasteiger partial charge in [0.15, 0.2) is 5.76 Å². The lowest BCUT2D eigenvalue weighted by Crippen LogP contribution is -2.33. The monoisotopic (exact) mass is 373 g/mol. The van der Waals surface area contributed by atoms with E-state index in [1.807, 2.05) is 0 Å². The third-order valence-corrected chi connectivity index (χ3v) is 4.63. The summed E-state index contributed by atoms with van der Waals surface area (Å²) in [5.41, 5.74) is 0.699. The maximum absolute atomic E-state index is 13.3. The van der Waals surface area contributed by atoms with E-state index in [1.54, 1.807) is 26.0 Å². The van der Waals surface area contributed by atoms with Crippen LogP contribution in [0.4, 0.5) is 4.39 Å². The molecule has 27 heavy (non-hydrogen) atoms. The summed E-state index contributed by atoms with van der Waals surface area (Å²) in [5, 5.41) is 0. The highest BCUT2D eigenvalue weighted by Gasteiger charge is 2.44. The molecule has 1 unspecified atom stereocenters. The van der Waals surface area contributed by atoms with Gasteiger partial charge in [0, 0.05) is 30.6 Å². The van der Waals surface area contributed by atoms with Crippen LogP contribution in [0.15, 0.2) is 34.7 Å². The average molecular weight is 373 g/mol. The molecule has 1 aromatic carbocycles. The van der Waals surface area contributed by atoms with Crippen LogP contribution in [0.3, 0.4) is 0 Å². The second-order valence-electron chi connectivity index (χ2n) is 6.73. The normalized spacial score (nSPS) is 17.1. The van der Waals surface area contributed by atoms with Gasteiger partial charge < -0.3 is 14.1 Å². The number of ether oxygens (including phenoxy) is 1. The number of carbonyl (C=O) groups excluding carboxylic acids is 3. The van der Waals surface area contributed by atoms with Crippen LogP contribution in [0.25, 0.3) is 0 Å². The Morgan fingerprint density at radius 2 is 2.04 bits per heavy atom. The predicted octanol–water partition coefficient (Wildman–Crippen LogP) is 2.64.